The molecule has 0 bridgehead atoms. The number of likely N-dealkylation sites (tertiary alicyclic amines) is 1. The third kappa shape index (κ3) is 10.7. The number of carbonyl (C=O) groups excluding carboxylic acids is 1. The molecule has 3 rings (SSSR count). The number of nitrogens with two attached hydrogens (primary N) is 1. The second-order valence-corrected chi connectivity index (χ2v) is 8.31. The molecule has 6 heteroatoms. The number of piperidine rings is 1. The summed E-state index contributed by atoms with van der Waals surface area (Å²) in [5, 5.41) is 21.8. The number of Topliss-reactive ketones (excluding diaryl/α,β-unsaturated/α-hetero) is 1. The molecular weight excluding hydrogens is 390 g/mol. The molecule has 1 heterocycles. The normalized spacial score (nSPS) is 18.8. The van der Waals surface area contributed by atoms with Gasteiger partial charge in [0, 0.05) is 36.9 Å². The van der Waals surface area contributed by atoms with Gasteiger partial charge in [0.25, 0.3) is 0 Å². The molecule has 31 heavy (non-hydrogen) atoms. The van der Waals surface area contributed by atoms with E-state index in [-0.39, 0.29) is 18.5 Å². The molecule has 1 aliphatic carbocycles. The zero-order valence-corrected chi connectivity index (χ0v) is 19.4. The van der Waals surface area contributed by atoms with Crippen LogP contribution in [-0.2, 0) is 11.4 Å². The van der Waals surface area contributed by atoms with Gasteiger partial charge in [-0.2, -0.15) is 0 Å². The number of nitrogens with one attached hydrogen (secondary N) is 1. The molecule has 2 aliphatic rings. The van der Waals surface area contributed by atoms with E-state index in [2.05, 4.69) is 36.7 Å². The lowest BCUT2D eigenvalue weighted by Crippen LogP contribution is -2.41. The number of aryl methyl sites for hydroxylation is 1. The van der Waals surface area contributed by atoms with Crippen molar-refractivity contribution in [2.75, 3.05) is 31.5 Å². The van der Waals surface area contributed by atoms with Crippen LogP contribution < -0.4 is 11.1 Å². The lowest BCUT2D eigenvalue weighted by atomic mass is 10.0. The highest BCUT2D eigenvalue weighted by Crippen LogP contribution is 2.24. The Bertz CT molecular complexity index is 710. The molecule has 1 fully saturated rings. The topological polar surface area (TPSA) is 98.8 Å². The van der Waals surface area contributed by atoms with Crippen molar-refractivity contribution in [3.05, 3.63) is 53.6 Å². The second-order valence-electron chi connectivity index (χ2n) is 8.31. The Hall–Kier alpha value is -1.99. The minimum Gasteiger partial charge on any atom is -0.392 e. The molecule has 0 saturated carbocycles. The number of aliphatic hydroxyl groups is 2. The average Bonchev–Trinajstić information content (AvgIpc) is 3.13. The maximum absolute atomic E-state index is 11.1. The van der Waals surface area contributed by atoms with Crippen LogP contribution in [0.2, 0.25) is 0 Å². The van der Waals surface area contributed by atoms with Crippen molar-refractivity contribution in [2.45, 2.75) is 65.2 Å². The third-order valence-corrected chi connectivity index (χ3v) is 5.39. The fraction of sp³-hybridized carbons (Fsp3) is 0.560. The van der Waals surface area contributed by atoms with Gasteiger partial charge >= 0.3 is 0 Å². The fourth-order valence-corrected chi connectivity index (χ4v) is 3.69. The lowest BCUT2D eigenvalue weighted by Gasteiger charge is -2.33. The molecule has 0 aromatic heterocycles. The van der Waals surface area contributed by atoms with Crippen molar-refractivity contribution in [1.29, 1.82) is 0 Å². The fourth-order valence-electron chi connectivity index (χ4n) is 3.69. The SMILES string of the molecule is C=CCN.CC(=O)CN1CCC(Nc2c(C)cccc2CO)CC1.CC1=CC(O)CC1. The van der Waals surface area contributed by atoms with Crippen LogP contribution in [0.5, 0.6) is 0 Å². The molecule has 1 atom stereocenters. The van der Waals surface area contributed by atoms with Gasteiger partial charge in [-0.1, -0.05) is 35.9 Å². The van der Waals surface area contributed by atoms with Gasteiger partial charge < -0.3 is 21.3 Å². The Morgan fingerprint density at radius 1 is 1.29 bits per heavy atom. The largest absolute Gasteiger partial charge is 0.392 e. The van der Waals surface area contributed by atoms with E-state index in [1.165, 1.54) is 11.1 Å². The van der Waals surface area contributed by atoms with Gasteiger partial charge in [-0.25, -0.2) is 0 Å². The summed E-state index contributed by atoms with van der Waals surface area (Å²) in [6.07, 6.45) is 7.52. The van der Waals surface area contributed by atoms with Crippen LogP contribution >= 0.6 is 0 Å². The van der Waals surface area contributed by atoms with E-state index in [1.807, 2.05) is 18.2 Å². The van der Waals surface area contributed by atoms with Crippen molar-refractivity contribution in [2.24, 2.45) is 5.73 Å². The summed E-state index contributed by atoms with van der Waals surface area (Å²) in [5.41, 5.74) is 9.43. The van der Waals surface area contributed by atoms with Gasteiger partial charge in [0.05, 0.1) is 19.3 Å². The van der Waals surface area contributed by atoms with Crippen LogP contribution in [0.1, 0.15) is 50.7 Å². The zero-order valence-electron chi connectivity index (χ0n) is 19.4. The van der Waals surface area contributed by atoms with Crippen LogP contribution in [0, 0.1) is 6.92 Å². The molecule has 174 valence electrons. The van der Waals surface area contributed by atoms with Gasteiger partial charge in [0.1, 0.15) is 5.78 Å². The van der Waals surface area contributed by atoms with E-state index in [0.29, 0.717) is 19.1 Å². The number of para-hydroxylation sites is 1. The molecule has 1 aliphatic heterocycles. The summed E-state index contributed by atoms with van der Waals surface area (Å²) < 4.78 is 0. The van der Waals surface area contributed by atoms with Crippen molar-refractivity contribution >= 4 is 11.5 Å². The quantitative estimate of drug-likeness (QED) is 0.517. The Labute approximate surface area is 187 Å². The number of aliphatic hydroxyl groups excluding tert-OH is 2. The van der Waals surface area contributed by atoms with Gasteiger partial charge in [-0.3, -0.25) is 9.69 Å². The summed E-state index contributed by atoms with van der Waals surface area (Å²) in [4.78, 5) is 13.3. The highest BCUT2D eigenvalue weighted by molar-refractivity contribution is 5.77. The predicted octanol–water partition coefficient (Wildman–Crippen LogP) is 3.17. The lowest BCUT2D eigenvalue weighted by molar-refractivity contribution is -0.118. The molecule has 5 N–H and O–H groups in total. The molecular formula is C25H41N3O3. The molecule has 1 unspecified atom stereocenters. The highest BCUT2D eigenvalue weighted by atomic mass is 16.3. The summed E-state index contributed by atoms with van der Waals surface area (Å²) in [5.74, 6) is 0.234. The van der Waals surface area contributed by atoms with Crippen molar-refractivity contribution in [3.63, 3.8) is 0 Å². The summed E-state index contributed by atoms with van der Waals surface area (Å²) in [6.45, 7) is 12.2. The van der Waals surface area contributed by atoms with Crippen LogP contribution in [0.15, 0.2) is 42.5 Å². The zero-order chi connectivity index (χ0) is 23.2. The standard InChI is InChI=1S/C16H24N2O2.C6H10O.C3H7N/c1-12-4-3-5-14(11-19)16(12)17-15-6-8-18(9-7-15)10-13(2)20;1-5-2-3-6(7)4-5;1-2-3-4/h3-5,15,17,19H,6-11H2,1-2H3;4,6-7H,2-3H2,1H3;2H,1,3-4H2. The summed E-state index contributed by atoms with van der Waals surface area (Å²) >= 11 is 0. The second kappa shape index (κ2) is 14.9. The minimum absolute atomic E-state index is 0.0627. The van der Waals surface area contributed by atoms with Gasteiger partial charge in [-0.05, 0) is 52.0 Å². The van der Waals surface area contributed by atoms with E-state index in [0.717, 1.165) is 50.0 Å². The van der Waals surface area contributed by atoms with E-state index < -0.39 is 0 Å². The molecule has 1 aromatic carbocycles. The van der Waals surface area contributed by atoms with E-state index in [9.17, 15) is 9.90 Å². The van der Waals surface area contributed by atoms with Crippen LogP contribution in [-0.4, -0.2) is 59.2 Å². The van der Waals surface area contributed by atoms with Gasteiger partial charge in [0.2, 0.25) is 0 Å². The molecule has 0 radical (unpaired) electrons. The third-order valence-electron chi connectivity index (χ3n) is 5.39. The maximum Gasteiger partial charge on any atom is 0.143 e. The number of benzene rings is 1. The number of hydrogen-bond acceptors (Lipinski definition) is 6. The maximum atomic E-state index is 11.1. The highest BCUT2D eigenvalue weighted by Gasteiger charge is 2.20. The van der Waals surface area contributed by atoms with Crippen LogP contribution in [0.25, 0.3) is 0 Å². The van der Waals surface area contributed by atoms with E-state index in [1.54, 1.807) is 13.0 Å². The number of anilines is 1. The average molecular weight is 432 g/mol. The molecule has 1 aromatic rings. The van der Waals surface area contributed by atoms with E-state index in [4.69, 9.17) is 10.8 Å². The summed E-state index contributed by atoms with van der Waals surface area (Å²) in [7, 11) is 0. The number of ketones is 1. The van der Waals surface area contributed by atoms with Crippen LogP contribution in [0.3, 0.4) is 0 Å². The van der Waals surface area contributed by atoms with Crippen molar-refractivity contribution in [1.82, 2.24) is 4.90 Å². The number of nitrogens with zero attached hydrogens (tertiary/aromatic N) is 1. The van der Waals surface area contributed by atoms with Gasteiger partial charge in [-0.15, -0.1) is 6.58 Å². The van der Waals surface area contributed by atoms with Crippen molar-refractivity contribution < 1.29 is 15.0 Å². The monoisotopic (exact) mass is 431 g/mol. The first kappa shape index (κ1) is 27.0. The van der Waals surface area contributed by atoms with Crippen LogP contribution in [0.4, 0.5) is 5.69 Å². The minimum atomic E-state index is -0.139. The first-order valence-electron chi connectivity index (χ1n) is 11.1. The smallest absolute Gasteiger partial charge is 0.143 e. The molecule has 6 nitrogen and oxygen atoms in total. The first-order valence-corrected chi connectivity index (χ1v) is 11.1. The number of carbonyl (C=O) groups is 1. The Balaban J connectivity index is 0.000000358. The molecule has 0 amide bonds. The number of hydrogen-bond donors (Lipinski definition) is 4. The molecule has 0 spiro atoms. The number of allylic oxidation sites excluding steroid dienone is 1. The van der Waals surface area contributed by atoms with Crippen molar-refractivity contribution in [3.8, 4) is 0 Å². The van der Waals surface area contributed by atoms with Gasteiger partial charge in [0.15, 0.2) is 0 Å². The predicted molar refractivity (Wildman–Crippen MR) is 129 cm³/mol. The number of rotatable bonds is 6. The Kier molecular flexibility index (Phi) is 13.0. The Morgan fingerprint density at radius 2 is 1.94 bits per heavy atom. The first-order chi connectivity index (χ1) is 14.8. The Morgan fingerprint density at radius 3 is 2.35 bits per heavy atom. The van der Waals surface area contributed by atoms with E-state index >= 15 is 0 Å². The molecule has 1 saturated heterocycles. The summed E-state index contributed by atoms with van der Waals surface area (Å²) in [6, 6.07) is 6.42.